The molecule has 27 heavy (non-hydrogen) atoms. The summed E-state index contributed by atoms with van der Waals surface area (Å²) in [6, 6.07) is 5.73. The summed E-state index contributed by atoms with van der Waals surface area (Å²) in [5, 5.41) is 3.08. The van der Waals surface area contributed by atoms with Crippen molar-refractivity contribution in [1.82, 2.24) is 10.3 Å². The van der Waals surface area contributed by atoms with Crippen molar-refractivity contribution in [3.63, 3.8) is 0 Å². The molecule has 0 saturated carbocycles. The van der Waals surface area contributed by atoms with Crippen LogP contribution in [0.1, 0.15) is 31.1 Å². The molecule has 2 heterocycles. The van der Waals surface area contributed by atoms with E-state index in [-0.39, 0.29) is 34.3 Å². The van der Waals surface area contributed by atoms with Crippen LogP contribution in [-0.2, 0) is 9.53 Å². The zero-order valence-electron chi connectivity index (χ0n) is 14.6. The Morgan fingerprint density at radius 2 is 2.07 bits per heavy atom. The predicted octanol–water partition coefficient (Wildman–Crippen LogP) is 3.94. The number of aliphatic imine (C=N–C) groups is 1. The Kier molecular flexibility index (Phi) is 5.51. The Bertz CT molecular complexity index is 960. The lowest BCUT2D eigenvalue weighted by Crippen LogP contribution is -2.34. The van der Waals surface area contributed by atoms with Gasteiger partial charge in [0.25, 0.3) is 0 Å². The van der Waals surface area contributed by atoms with Gasteiger partial charge in [-0.2, -0.15) is 0 Å². The van der Waals surface area contributed by atoms with E-state index in [0.29, 0.717) is 5.70 Å². The molecule has 1 aromatic heterocycles. The molecule has 0 radical (unpaired) electrons. The first-order chi connectivity index (χ1) is 12.9. The Morgan fingerprint density at radius 1 is 1.30 bits per heavy atom. The number of halogens is 3. The molecule has 1 N–H and O–H groups in total. The van der Waals surface area contributed by atoms with Crippen LogP contribution in [0.2, 0.25) is 5.02 Å². The van der Waals surface area contributed by atoms with Crippen molar-refractivity contribution in [2.75, 3.05) is 6.61 Å². The minimum absolute atomic E-state index is 0.0286. The first kappa shape index (κ1) is 19.0. The number of aromatic nitrogens is 1. The molecule has 1 aliphatic heterocycles. The van der Waals surface area contributed by atoms with Crippen LogP contribution in [0, 0.1) is 11.6 Å². The average molecular weight is 392 g/mol. The smallest absolute Gasteiger partial charge is 0.338 e. The Hall–Kier alpha value is -2.80. The molecule has 0 amide bonds. The molecule has 0 bridgehead atoms. The highest BCUT2D eigenvalue weighted by atomic mass is 35.5. The molecule has 0 aliphatic carbocycles. The maximum Gasteiger partial charge on any atom is 0.338 e. The van der Waals surface area contributed by atoms with Gasteiger partial charge >= 0.3 is 5.97 Å². The number of carbonyl (C=O) groups is 1. The lowest BCUT2D eigenvalue weighted by atomic mass is 9.95. The summed E-state index contributed by atoms with van der Waals surface area (Å²) in [4.78, 5) is 20.8. The van der Waals surface area contributed by atoms with Gasteiger partial charge in [-0.25, -0.2) is 18.6 Å². The molecule has 0 saturated heterocycles. The topological polar surface area (TPSA) is 63.6 Å². The quantitative estimate of drug-likeness (QED) is 0.802. The molecule has 1 aliphatic rings. The van der Waals surface area contributed by atoms with Gasteiger partial charge in [0.1, 0.15) is 17.6 Å². The van der Waals surface area contributed by atoms with Crippen molar-refractivity contribution in [2.24, 2.45) is 4.99 Å². The van der Waals surface area contributed by atoms with Gasteiger partial charge in [0.05, 0.1) is 12.2 Å². The zero-order chi connectivity index (χ0) is 19.6. The molecule has 2 aromatic rings. The van der Waals surface area contributed by atoms with E-state index in [2.05, 4.69) is 15.3 Å². The van der Waals surface area contributed by atoms with Crippen LogP contribution in [0.3, 0.4) is 0 Å². The van der Waals surface area contributed by atoms with Gasteiger partial charge in [-0.05, 0) is 38.1 Å². The second-order valence-electron chi connectivity index (χ2n) is 5.76. The Labute approximate surface area is 159 Å². The van der Waals surface area contributed by atoms with Crippen LogP contribution in [0.5, 0.6) is 0 Å². The molecule has 5 nitrogen and oxygen atoms in total. The largest absolute Gasteiger partial charge is 0.463 e. The normalized spacial score (nSPS) is 16.6. The molecule has 1 aromatic carbocycles. The zero-order valence-corrected chi connectivity index (χ0v) is 15.3. The van der Waals surface area contributed by atoms with Gasteiger partial charge in [0, 0.05) is 22.5 Å². The van der Waals surface area contributed by atoms with Gasteiger partial charge in [-0.1, -0.05) is 17.7 Å². The number of hydrogen-bond acceptors (Lipinski definition) is 5. The summed E-state index contributed by atoms with van der Waals surface area (Å²) in [6.45, 7) is 3.43. The van der Waals surface area contributed by atoms with Crippen LogP contribution in [0.15, 0.2) is 52.8 Å². The number of carbonyl (C=O) groups excluding carboxylic acids is 1. The SMILES string of the molecule is CCOC(=O)C1=C(C)NC(c2ncccc2F)=NC1c1ccc(Cl)cc1F. The third kappa shape index (κ3) is 3.83. The number of nitrogens with one attached hydrogen (secondary N) is 1. The number of amidine groups is 1. The van der Waals surface area contributed by atoms with Crippen molar-refractivity contribution in [3.8, 4) is 0 Å². The van der Waals surface area contributed by atoms with Crippen molar-refractivity contribution in [2.45, 2.75) is 19.9 Å². The summed E-state index contributed by atoms with van der Waals surface area (Å²) >= 11 is 5.83. The predicted molar refractivity (Wildman–Crippen MR) is 97.4 cm³/mol. The fraction of sp³-hybridized carbons (Fsp3) is 0.211. The number of rotatable bonds is 4. The van der Waals surface area contributed by atoms with E-state index in [1.165, 1.54) is 30.5 Å². The van der Waals surface area contributed by atoms with Crippen molar-refractivity contribution in [1.29, 1.82) is 0 Å². The van der Waals surface area contributed by atoms with Crippen LogP contribution in [0.4, 0.5) is 8.78 Å². The van der Waals surface area contributed by atoms with Crippen LogP contribution in [0.25, 0.3) is 0 Å². The molecular weight excluding hydrogens is 376 g/mol. The van der Waals surface area contributed by atoms with Crippen molar-refractivity contribution < 1.29 is 18.3 Å². The maximum atomic E-state index is 14.6. The molecule has 140 valence electrons. The lowest BCUT2D eigenvalue weighted by molar-refractivity contribution is -0.138. The third-order valence-electron chi connectivity index (χ3n) is 3.98. The first-order valence-corrected chi connectivity index (χ1v) is 8.58. The van der Waals surface area contributed by atoms with Crippen LogP contribution < -0.4 is 5.32 Å². The summed E-state index contributed by atoms with van der Waals surface area (Å²) in [7, 11) is 0. The highest BCUT2D eigenvalue weighted by Crippen LogP contribution is 2.34. The third-order valence-corrected chi connectivity index (χ3v) is 4.21. The minimum atomic E-state index is -1.03. The molecule has 1 unspecified atom stereocenters. The fourth-order valence-electron chi connectivity index (χ4n) is 2.78. The van der Waals surface area contributed by atoms with Crippen LogP contribution >= 0.6 is 11.6 Å². The number of nitrogens with zero attached hydrogens (tertiary/aromatic N) is 2. The molecule has 1 atom stereocenters. The highest BCUT2D eigenvalue weighted by Gasteiger charge is 2.33. The molecule has 0 spiro atoms. The molecule has 3 rings (SSSR count). The standard InChI is InChI=1S/C19H16ClF2N3O2/c1-3-27-19(26)15-10(2)24-18(17-13(21)5-4-8-23-17)25-16(15)12-7-6-11(20)9-14(12)22/h4-9,16H,3H2,1-2H3,(H,24,25). The van der Waals surface area contributed by atoms with E-state index in [1.807, 2.05) is 0 Å². The number of ether oxygens (including phenoxy) is 1. The van der Waals surface area contributed by atoms with Crippen molar-refractivity contribution in [3.05, 3.63) is 75.7 Å². The monoisotopic (exact) mass is 391 g/mol. The first-order valence-electron chi connectivity index (χ1n) is 8.21. The Balaban J connectivity index is 2.15. The van der Waals surface area contributed by atoms with Gasteiger partial charge < -0.3 is 10.1 Å². The summed E-state index contributed by atoms with van der Waals surface area (Å²) in [5.41, 5.74) is 0.609. The van der Waals surface area contributed by atoms with E-state index >= 15 is 0 Å². The van der Waals surface area contributed by atoms with E-state index < -0.39 is 23.6 Å². The van der Waals surface area contributed by atoms with E-state index in [4.69, 9.17) is 16.3 Å². The average Bonchev–Trinajstić information content (AvgIpc) is 2.61. The lowest BCUT2D eigenvalue weighted by Gasteiger charge is -2.26. The number of allylic oxidation sites excluding steroid dienone is 1. The van der Waals surface area contributed by atoms with E-state index in [1.54, 1.807) is 13.8 Å². The van der Waals surface area contributed by atoms with Gasteiger partial charge in [0.15, 0.2) is 11.7 Å². The second kappa shape index (κ2) is 7.84. The summed E-state index contributed by atoms with van der Waals surface area (Å²) in [5.74, 6) is -1.76. The number of pyridine rings is 1. The van der Waals surface area contributed by atoms with Crippen molar-refractivity contribution >= 4 is 23.4 Å². The van der Waals surface area contributed by atoms with Gasteiger partial charge in [-0.3, -0.25) is 4.99 Å². The second-order valence-corrected chi connectivity index (χ2v) is 6.20. The van der Waals surface area contributed by atoms with Gasteiger partial charge in [-0.15, -0.1) is 0 Å². The fourth-order valence-corrected chi connectivity index (χ4v) is 2.94. The minimum Gasteiger partial charge on any atom is -0.463 e. The molecule has 8 heteroatoms. The van der Waals surface area contributed by atoms with E-state index in [9.17, 15) is 13.6 Å². The van der Waals surface area contributed by atoms with E-state index in [0.717, 1.165) is 6.07 Å². The number of esters is 1. The Morgan fingerprint density at radius 3 is 2.74 bits per heavy atom. The van der Waals surface area contributed by atoms with Crippen LogP contribution in [-0.4, -0.2) is 23.4 Å². The maximum absolute atomic E-state index is 14.6. The molecular formula is C19H16ClF2N3O2. The van der Waals surface area contributed by atoms with Gasteiger partial charge in [0.2, 0.25) is 0 Å². The summed E-state index contributed by atoms with van der Waals surface area (Å²) in [6.07, 6.45) is 1.42. The number of hydrogen-bond donors (Lipinski definition) is 1. The number of benzene rings is 1. The summed E-state index contributed by atoms with van der Waals surface area (Å²) < 4.78 is 33.8. The molecule has 0 fully saturated rings. The highest BCUT2D eigenvalue weighted by molar-refractivity contribution is 6.30.